The predicted octanol–water partition coefficient (Wildman–Crippen LogP) is 2.25. The number of aliphatic carboxylic acids is 1. The summed E-state index contributed by atoms with van der Waals surface area (Å²) in [4.78, 5) is 28.7. The van der Waals surface area contributed by atoms with Crippen LogP contribution in [0.25, 0.3) is 10.9 Å². The third-order valence-corrected chi connectivity index (χ3v) is 4.16. The van der Waals surface area contributed by atoms with E-state index in [-0.39, 0.29) is 5.91 Å². The molecule has 2 aromatic rings. The van der Waals surface area contributed by atoms with Crippen LogP contribution in [0.2, 0.25) is 0 Å². The maximum atomic E-state index is 12.7. The van der Waals surface area contributed by atoms with E-state index in [2.05, 4.69) is 4.98 Å². The predicted molar refractivity (Wildman–Crippen MR) is 74.6 cm³/mol. The van der Waals surface area contributed by atoms with Crippen molar-refractivity contribution < 1.29 is 14.7 Å². The first-order valence-corrected chi connectivity index (χ1v) is 6.65. The highest BCUT2D eigenvalue weighted by atomic mass is 16.4. The van der Waals surface area contributed by atoms with E-state index in [0.29, 0.717) is 18.5 Å². The molecular formula is C15H16N2O3. The number of nitrogens with one attached hydrogen (secondary N) is 1. The molecule has 1 aromatic heterocycles. The number of likely N-dealkylation sites (tertiary alicyclic amines) is 1. The standard InChI is InChI=1S/C15H16N2O3/c1-15(14(19)20)7-3-9-17(15)13(18)11-5-2-4-10-6-8-16-12(10)11/h2,4-6,8,16H,3,7,9H2,1H3,(H,19,20). The van der Waals surface area contributed by atoms with Gasteiger partial charge >= 0.3 is 5.97 Å². The van der Waals surface area contributed by atoms with Crippen molar-refractivity contribution in [1.29, 1.82) is 0 Å². The number of fused-ring (bicyclic) bond motifs is 1. The zero-order valence-electron chi connectivity index (χ0n) is 11.2. The van der Waals surface area contributed by atoms with Crippen LogP contribution in [0, 0.1) is 0 Å². The van der Waals surface area contributed by atoms with Gasteiger partial charge in [0.15, 0.2) is 0 Å². The van der Waals surface area contributed by atoms with Gasteiger partial charge in [0.1, 0.15) is 5.54 Å². The lowest BCUT2D eigenvalue weighted by Gasteiger charge is -2.31. The Morgan fingerprint density at radius 3 is 2.90 bits per heavy atom. The largest absolute Gasteiger partial charge is 0.480 e. The Morgan fingerprint density at radius 2 is 2.15 bits per heavy atom. The Morgan fingerprint density at radius 1 is 1.35 bits per heavy atom. The van der Waals surface area contributed by atoms with Crippen molar-refractivity contribution >= 4 is 22.8 Å². The lowest BCUT2D eigenvalue weighted by atomic mass is 9.98. The molecule has 5 nitrogen and oxygen atoms in total. The van der Waals surface area contributed by atoms with Crippen LogP contribution in [0.3, 0.4) is 0 Å². The van der Waals surface area contributed by atoms with Crippen LogP contribution in [0.1, 0.15) is 30.1 Å². The van der Waals surface area contributed by atoms with E-state index in [1.165, 1.54) is 4.90 Å². The van der Waals surface area contributed by atoms with Gasteiger partial charge in [0.25, 0.3) is 5.91 Å². The molecule has 3 rings (SSSR count). The Balaban J connectivity index is 2.05. The van der Waals surface area contributed by atoms with Gasteiger partial charge in [0.05, 0.1) is 11.1 Å². The van der Waals surface area contributed by atoms with E-state index >= 15 is 0 Å². The van der Waals surface area contributed by atoms with Gasteiger partial charge in [-0.15, -0.1) is 0 Å². The molecule has 1 aliphatic rings. The number of para-hydroxylation sites is 1. The number of aromatic amines is 1. The number of carbonyl (C=O) groups is 2. The zero-order valence-corrected chi connectivity index (χ0v) is 11.2. The van der Waals surface area contributed by atoms with Crippen molar-refractivity contribution in [2.75, 3.05) is 6.54 Å². The van der Waals surface area contributed by atoms with Crippen LogP contribution < -0.4 is 0 Å². The van der Waals surface area contributed by atoms with Crippen molar-refractivity contribution in [3.63, 3.8) is 0 Å². The summed E-state index contributed by atoms with van der Waals surface area (Å²) in [5.41, 5.74) is 0.185. The molecule has 1 aromatic carbocycles. The highest BCUT2D eigenvalue weighted by Crippen LogP contribution is 2.32. The lowest BCUT2D eigenvalue weighted by Crippen LogP contribution is -2.50. The minimum Gasteiger partial charge on any atom is -0.480 e. The topological polar surface area (TPSA) is 73.4 Å². The summed E-state index contributed by atoms with van der Waals surface area (Å²) >= 11 is 0. The fourth-order valence-corrected chi connectivity index (χ4v) is 2.92. The number of hydrogen-bond acceptors (Lipinski definition) is 2. The van der Waals surface area contributed by atoms with Gasteiger partial charge in [-0.25, -0.2) is 4.79 Å². The molecule has 1 fully saturated rings. The number of benzene rings is 1. The molecule has 1 aliphatic heterocycles. The minimum atomic E-state index is -1.11. The molecule has 1 atom stereocenters. The molecule has 0 saturated carbocycles. The Hall–Kier alpha value is -2.30. The minimum absolute atomic E-state index is 0.222. The molecule has 2 heterocycles. The molecule has 0 bridgehead atoms. The SMILES string of the molecule is CC1(C(=O)O)CCCN1C(=O)c1cccc2cc[nH]c12. The van der Waals surface area contributed by atoms with E-state index in [1.54, 1.807) is 19.2 Å². The van der Waals surface area contributed by atoms with Gasteiger partial charge in [-0.3, -0.25) is 4.79 Å². The normalized spacial score (nSPS) is 22.4. The summed E-state index contributed by atoms with van der Waals surface area (Å²) in [7, 11) is 0. The van der Waals surface area contributed by atoms with Gasteiger partial charge in [-0.05, 0) is 31.9 Å². The number of carboxylic acid groups (broad SMARTS) is 1. The van der Waals surface area contributed by atoms with Gasteiger partial charge in [0, 0.05) is 18.1 Å². The van der Waals surface area contributed by atoms with Crippen molar-refractivity contribution in [3.8, 4) is 0 Å². The second kappa shape index (κ2) is 4.37. The molecular weight excluding hydrogens is 256 g/mol. The highest BCUT2D eigenvalue weighted by molar-refractivity contribution is 6.07. The third kappa shape index (κ3) is 1.70. The van der Waals surface area contributed by atoms with E-state index in [0.717, 1.165) is 17.3 Å². The maximum Gasteiger partial charge on any atom is 0.329 e. The number of carbonyl (C=O) groups excluding carboxylic acids is 1. The molecule has 1 saturated heterocycles. The van der Waals surface area contributed by atoms with Crippen LogP contribution in [0.4, 0.5) is 0 Å². The monoisotopic (exact) mass is 272 g/mol. The molecule has 0 aliphatic carbocycles. The first-order valence-electron chi connectivity index (χ1n) is 6.65. The molecule has 104 valence electrons. The van der Waals surface area contributed by atoms with E-state index in [1.807, 2.05) is 18.2 Å². The van der Waals surface area contributed by atoms with E-state index in [4.69, 9.17) is 0 Å². The van der Waals surface area contributed by atoms with E-state index < -0.39 is 11.5 Å². The van der Waals surface area contributed by atoms with Gasteiger partial charge in [0.2, 0.25) is 0 Å². The average molecular weight is 272 g/mol. The summed E-state index contributed by atoms with van der Waals surface area (Å²) in [6, 6.07) is 7.37. The molecule has 0 radical (unpaired) electrons. The summed E-state index contributed by atoms with van der Waals surface area (Å²) in [6.07, 6.45) is 2.99. The lowest BCUT2D eigenvalue weighted by molar-refractivity contribution is -0.147. The Labute approximate surface area is 116 Å². The molecule has 5 heteroatoms. The molecule has 2 N–H and O–H groups in total. The number of H-pyrrole nitrogens is 1. The summed E-state index contributed by atoms with van der Waals surface area (Å²) < 4.78 is 0. The number of nitrogens with zero attached hydrogens (tertiary/aromatic N) is 1. The van der Waals surface area contributed by atoms with Crippen LogP contribution in [0.15, 0.2) is 30.5 Å². The quantitative estimate of drug-likeness (QED) is 0.880. The van der Waals surface area contributed by atoms with Crippen LogP contribution >= 0.6 is 0 Å². The van der Waals surface area contributed by atoms with E-state index in [9.17, 15) is 14.7 Å². The van der Waals surface area contributed by atoms with Crippen LogP contribution in [-0.2, 0) is 4.79 Å². The average Bonchev–Trinajstić information content (AvgIpc) is 3.04. The zero-order chi connectivity index (χ0) is 14.3. The van der Waals surface area contributed by atoms with Crippen molar-refractivity contribution in [3.05, 3.63) is 36.0 Å². The summed E-state index contributed by atoms with van der Waals surface area (Å²) in [5, 5.41) is 10.4. The van der Waals surface area contributed by atoms with Crippen LogP contribution in [0.5, 0.6) is 0 Å². The number of hydrogen-bond donors (Lipinski definition) is 2. The number of aromatic nitrogens is 1. The van der Waals surface area contributed by atoms with Gasteiger partial charge in [-0.2, -0.15) is 0 Å². The third-order valence-electron chi connectivity index (χ3n) is 4.16. The smallest absolute Gasteiger partial charge is 0.329 e. The van der Waals surface area contributed by atoms with Gasteiger partial charge in [-0.1, -0.05) is 12.1 Å². The fraction of sp³-hybridized carbons (Fsp3) is 0.333. The second-order valence-corrected chi connectivity index (χ2v) is 5.39. The Bertz CT molecular complexity index is 691. The number of rotatable bonds is 2. The van der Waals surface area contributed by atoms with Crippen molar-refractivity contribution in [2.45, 2.75) is 25.3 Å². The maximum absolute atomic E-state index is 12.7. The van der Waals surface area contributed by atoms with Crippen molar-refractivity contribution in [1.82, 2.24) is 9.88 Å². The summed E-state index contributed by atoms with van der Waals surface area (Å²) in [6.45, 7) is 2.10. The number of amides is 1. The first kappa shape index (κ1) is 12.7. The summed E-state index contributed by atoms with van der Waals surface area (Å²) in [5.74, 6) is -1.16. The Kier molecular flexibility index (Phi) is 2.78. The fourth-order valence-electron chi connectivity index (χ4n) is 2.92. The number of carboxylic acids is 1. The highest BCUT2D eigenvalue weighted by Gasteiger charge is 2.46. The molecule has 0 spiro atoms. The first-order chi connectivity index (χ1) is 9.54. The van der Waals surface area contributed by atoms with Crippen molar-refractivity contribution in [2.24, 2.45) is 0 Å². The van der Waals surface area contributed by atoms with Gasteiger partial charge < -0.3 is 15.0 Å². The van der Waals surface area contributed by atoms with Crippen LogP contribution in [-0.4, -0.2) is 39.0 Å². The molecule has 1 amide bonds. The molecule has 20 heavy (non-hydrogen) atoms. The second-order valence-electron chi connectivity index (χ2n) is 5.39. The molecule has 1 unspecified atom stereocenters.